The lowest BCUT2D eigenvalue weighted by molar-refractivity contribution is -0.145. The molecule has 0 saturated carbocycles. The molecule has 148 valence electrons. The number of allylic oxidation sites excluding steroid dienone is 6. The number of aliphatic carboxylic acids is 1. The Kier molecular flexibility index (Phi) is 18.1. The van der Waals surface area contributed by atoms with Gasteiger partial charge in [-0.3, -0.25) is 9.59 Å². The minimum atomic E-state index is -0.860. The highest BCUT2D eigenvalue weighted by atomic mass is 16.5. The number of rotatable bonds is 17. The third kappa shape index (κ3) is 20.2. The lowest BCUT2D eigenvalue weighted by Gasteiger charge is -2.03. The summed E-state index contributed by atoms with van der Waals surface area (Å²) in [4.78, 5) is 21.7. The topological polar surface area (TPSA) is 63.6 Å². The van der Waals surface area contributed by atoms with Gasteiger partial charge in [0, 0.05) is 12.8 Å². The largest absolute Gasteiger partial charge is 0.481 e. The van der Waals surface area contributed by atoms with Gasteiger partial charge >= 0.3 is 11.9 Å². The second-order valence-electron chi connectivity index (χ2n) is 6.34. The summed E-state index contributed by atoms with van der Waals surface area (Å²) in [5.41, 5.74) is 0. The van der Waals surface area contributed by atoms with Crippen LogP contribution in [0, 0.1) is 0 Å². The van der Waals surface area contributed by atoms with E-state index >= 15 is 0 Å². The maximum atomic E-state index is 11.4. The molecule has 0 saturated heterocycles. The van der Waals surface area contributed by atoms with Gasteiger partial charge in [-0.1, -0.05) is 56.2 Å². The average molecular weight is 365 g/mol. The number of unbranched alkanes of at least 4 members (excludes halogenated alkanes) is 5. The van der Waals surface area contributed by atoms with Crippen molar-refractivity contribution < 1.29 is 19.4 Å². The van der Waals surface area contributed by atoms with Crippen LogP contribution in [0.25, 0.3) is 0 Å². The summed E-state index contributed by atoms with van der Waals surface area (Å²) >= 11 is 0. The van der Waals surface area contributed by atoms with Crippen LogP contribution in [0.3, 0.4) is 0 Å². The van der Waals surface area contributed by atoms with Crippen molar-refractivity contribution in [3.8, 4) is 0 Å². The summed E-state index contributed by atoms with van der Waals surface area (Å²) in [5.74, 6) is -1.09. The molecule has 0 aliphatic heterocycles. The van der Waals surface area contributed by atoms with Crippen molar-refractivity contribution in [1.82, 2.24) is 0 Å². The molecule has 0 spiro atoms. The van der Waals surface area contributed by atoms with Crippen LogP contribution in [-0.4, -0.2) is 23.7 Å². The fourth-order valence-electron chi connectivity index (χ4n) is 2.30. The molecule has 0 amide bonds. The van der Waals surface area contributed by atoms with Gasteiger partial charge in [-0.25, -0.2) is 0 Å². The lowest BCUT2D eigenvalue weighted by atomic mass is 10.1. The molecule has 0 aliphatic rings. The number of ether oxygens (including phenoxy) is 1. The normalized spacial score (nSPS) is 11.7. The Balaban J connectivity index is 3.40. The number of carbonyl (C=O) groups is 2. The average Bonchev–Trinajstić information content (AvgIpc) is 2.62. The molecular formula is C22H36O4. The minimum absolute atomic E-state index is 0.0434. The number of hydrogen-bond acceptors (Lipinski definition) is 3. The van der Waals surface area contributed by atoms with Crippen molar-refractivity contribution in [3.05, 3.63) is 36.5 Å². The van der Waals surface area contributed by atoms with Crippen LogP contribution >= 0.6 is 0 Å². The molecule has 0 aromatic heterocycles. The van der Waals surface area contributed by atoms with Gasteiger partial charge in [-0.05, 0) is 51.4 Å². The van der Waals surface area contributed by atoms with E-state index in [1.54, 1.807) is 0 Å². The summed E-state index contributed by atoms with van der Waals surface area (Å²) in [6.45, 7) is 2.42. The molecule has 0 aromatic carbocycles. The monoisotopic (exact) mass is 364 g/mol. The third-order valence-electron chi connectivity index (χ3n) is 3.82. The Morgan fingerprint density at radius 3 is 1.92 bits per heavy atom. The Labute approximate surface area is 159 Å². The molecule has 0 aliphatic carbocycles. The highest BCUT2D eigenvalue weighted by Crippen LogP contribution is 2.04. The highest BCUT2D eigenvalue weighted by Gasteiger charge is 2.03. The van der Waals surface area contributed by atoms with Crippen LogP contribution in [0.2, 0.25) is 0 Å². The maximum absolute atomic E-state index is 11.4. The van der Waals surface area contributed by atoms with E-state index in [-0.39, 0.29) is 19.0 Å². The van der Waals surface area contributed by atoms with E-state index in [2.05, 4.69) is 43.4 Å². The van der Waals surface area contributed by atoms with E-state index in [0.717, 1.165) is 32.1 Å². The van der Waals surface area contributed by atoms with Gasteiger partial charge in [0.1, 0.15) is 0 Å². The van der Waals surface area contributed by atoms with Crippen LogP contribution in [0.5, 0.6) is 0 Å². The molecule has 0 radical (unpaired) electrons. The molecule has 0 heterocycles. The standard InChI is InChI=1S/C22H36O4/c1-2-3-4-5-6-7-8-9-10-11-12-13-14-15-16-19-22(25)26-20-17-18-21(23)24/h6-7,9-10,12-13H,2-5,8,11,14-20H2,1H3,(H,23,24). The van der Waals surface area contributed by atoms with Crippen LogP contribution in [0.1, 0.15) is 84.0 Å². The molecule has 0 fully saturated rings. The predicted molar refractivity (Wildman–Crippen MR) is 107 cm³/mol. The van der Waals surface area contributed by atoms with E-state index in [0.29, 0.717) is 12.8 Å². The molecular weight excluding hydrogens is 328 g/mol. The second kappa shape index (κ2) is 19.5. The first-order chi connectivity index (χ1) is 12.7. The molecule has 0 bridgehead atoms. The third-order valence-corrected chi connectivity index (χ3v) is 3.82. The summed E-state index contributed by atoms with van der Waals surface area (Å²) in [6.07, 6.45) is 23.8. The van der Waals surface area contributed by atoms with Crippen molar-refractivity contribution >= 4 is 11.9 Å². The Morgan fingerprint density at radius 1 is 0.769 bits per heavy atom. The van der Waals surface area contributed by atoms with Crippen molar-refractivity contribution in [2.24, 2.45) is 0 Å². The van der Waals surface area contributed by atoms with Gasteiger partial charge in [0.15, 0.2) is 0 Å². The van der Waals surface area contributed by atoms with Crippen LogP contribution in [-0.2, 0) is 14.3 Å². The summed E-state index contributed by atoms with van der Waals surface area (Å²) in [6, 6.07) is 0. The number of hydrogen-bond donors (Lipinski definition) is 1. The maximum Gasteiger partial charge on any atom is 0.305 e. The quantitative estimate of drug-likeness (QED) is 0.196. The van der Waals surface area contributed by atoms with Gasteiger partial charge < -0.3 is 9.84 Å². The Morgan fingerprint density at radius 2 is 1.35 bits per heavy atom. The fourth-order valence-corrected chi connectivity index (χ4v) is 2.30. The van der Waals surface area contributed by atoms with E-state index in [9.17, 15) is 9.59 Å². The van der Waals surface area contributed by atoms with Crippen molar-refractivity contribution in [2.75, 3.05) is 6.61 Å². The predicted octanol–water partition coefficient (Wildman–Crippen LogP) is 5.98. The highest BCUT2D eigenvalue weighted by molar-refractivity contribution is 5.69. The zero-order chi connectivity index (χ0) is 19.3. The molecule has 1 N–H and O–H groups in total. The molecule has 0 unspecified atom stereocenters. The zero-order valence-corrected chi connectivity index (χ0v) is 16.3. The smallest absolute Gasteiger partial charge is 0.305 e. The number of esters is 1. The summed E-state index contributed by atoms with van der Waals surface area (Å²) in [7, 11) is 0. The van der Waals surface area contributed by atoms with Gasteiger partial charge in [0.25, 0.3) is 0 Å². The van der Waals surface area contributed by atoms with E-state index in [4.69, 9.17) is 9.84 Å². The molecule has 4 nitrogen and oxygen atoms in total. The van der Waals surface area contributed by atoms with Crippen molar-refractivity contribution in [1.29, 1.82) is 0 Å². The minimum Gasteiger partial charge on any atom is -0.481 e. The number of carbonyl (C=O) groups excluding carboxylic acids is 1. The Bertz CT molecular complexity index is 435. The van der Waals surface area contributed by atoms with Crippen molar-refractivity contribution in [3.63, 3.8) is 0 Å². The van der Waals surface area contributed by atoms with Gasteiger partial charge in [0.05, 0.1) is 6.61 Å². The van der Waals surface area contributed by atoms with E-state index in [1.807, 2.05) is 0 Å². The summed E-state index contributed by atoms with van der Waals surface area (Å²) in [5, 5.41) is 8.48. The molecule has 0 atom stereocenters. The number of carboxylic acid groups (broad SMARTS) is 1. The van der Waals surface area contributed by atoms with E-state index < -0.39 is 5.97 Å². The van der Waals surface area contributed by atoms with Crippen LogP contribution < -0.4 is 0 Å². The molecule has 0 aromatic rings. The summed E-state index contributed by atoms with van der Waals surface area (Å²) < 4.78 is 4.98. The molecule has 4 heteroatoms. The van der Waals surface area contributed by atoms with Gasteiger partial charge in [-0.2, -0.15) is 0 Å². The first-order valence-electron chi connectivity index (χ1n) is 9.99. The second-order valence-corrected chi connectivity index (χ2v) is 6.34. The van der Waals surface area contributed by atoms with Gasteiger partial charge in [0.2, 0.25) is 0 Å². The van der Waals surface area contributed by atoms with Crippen molar-refractivity contribution in [2.45, 2.75) is 84.0 Å². The zero-order valence-electron chi connectivity index (χ0n) is 16.3. The fraction of sp³-hybridized carbons (Fsp3) is 0.636. The van der Waals surface area contributed by atoms with Crippen LogP contribution in [0.15, 0.2) is 36.5 Å². The van der Waals surface area contributed by atoms with E-state index in [1.165, 1.54) is 25.7 Å². The van der Waals surface area contributed by atoms with Crippen LogP contribution in [0.4, 0.5) is 0 Å². The van der Waals surface area contributed by atoms with Gasteiger partial charge in [-0.15, -0.1) is 0 Å². The first kappa shape index (κ1) is 24.2. The first-order valence-corrected chi connectivity index (χ1v) is 9.99. The number of carboxylic acids is 1. The molecule has 0 rings (SSSR count). The Hall–Kier alpha value is -1.84. The lowest BCUT2D eigenvalue weighted by Crippen LogP contribution is -2.07. The SMILES string of the molecule is CCCCCC=CCC=CCC=CCCCCC(=O)OCCCC(=O)O. The molecule has 26 heavy (non-hydrogen) atoms.